The van der Waals surface area contributed by atoms with E-state index in [1.54, 1.807) is 6.07 Å². The smallest absolute Gasteiger partial charge is 0.251 e. The number of nitrogens with one attached hydrogen (secondary N) is 2. The first-order chi connectivity index (χ1) is 10.3. The zero-order valence-corrected chi connectivity index (χ0v) is 11.3. The van der Waals surface area contributed by atoms with Gasteiger partial charge in [-0.25, -0.2) is 0 Å². The molecule has 4 rings (SSSR count). The largest absolute Gasteiger partial charge is 0.486 e. The Hall–Kier alpha value is -2.69. The van der Waals surface area contributed by atoms with Crippen molar-refractivity contribution in [3.05, 3.63) is 48.0 Å². The Morgan fingerprint density at radius 3 is 2.33 bits per heavy atom. The Labute approximate surface area is 121 Å². The van der Waals surface area contributed by atoms with Gasteiger partial charge >= 0.3 is 0 Å². The number of carbonyl (C=O) groups excluding carboxylic acids is 1. The monoisotopic (exact) mass is 282 g/mol. The number of rotatable bonds is 1. The molecule has 0 aliphatic carbocycles. The molecule has 5 nitrogen and oxygen atoms in total. The van der Waals surface area contributed by atoms with Crippen LogP contribution in [0.1, 0.15) is 11.6 Å². The fourth-order valence-corrected chi connectivity index (χ4v) is 2.62. The van der Waals surface area contributed by atoms with Crippen LogP contribution < -0.4 is 20.1 Å². The molecule has 2 aliphatic heterocycles. The molecule has 0 saturated heterocycles. The molecule has 0 radical (unpaired) electrons. The summed E-state index contributed by atoms with van der Waals surface area (Å²) >= 11 is 0. The first-order valence-electron chi connectivity index (χ1n) is 6.87. The van der Waals surface area contributed by atoms with E-state index in [9.17, 15) is 4.79 Å². The number of hydrogen-bond donors (Lipinski definition) is 2. The number of hydrogen-bond acceptors (Lipinski definition) is 4. The van der Waals surface area contributed by atoms with Gasteiger partial charge in [0.1, 0.15) is 19.3 Å². The van der Waals surface area contributed by atoms with Gasteiger partial charge in [0.25, 0.3) is 5.91 Å². The standard InChI is InChI=1S/C16H14N2O3/c19-16-15(10-4-2-1-3-5-10)17-11-8-13-14(9-12(11)18-16)21-7-6-20-13/h1-5,8-9,15,17H,6-7H2,(H,18,19). The Morgan fingerprint density at radius 1 is 0.952 bits per heavy atom. The zero-order valence-electron chi connectivity index (χ0n) is 11.3. The number of amides is 1. The van der Waals surface area contributed by atoms with Gasteiger partial charge < -0.3 is 20.1 Å². The number of fused-ring (bicyclic) bond motifs is 2. The van der Waals surface area contributed by atoms with Crippen LogP contribution in [0.15, 0.2) is 42.5 Å². The third-order valence-electron chi connectivity index (χ3n) is 3.64. The summed E-state index contributed by atoms with van der Waals surface area (Å²) in [5.41, 5.74) is 2.49. The van der Waals surface area contributed by atoms with E-state index in [0.29, 0.717) is 24.7 Å². The third kappa shape index (κ3) is 2.07. The molecule has 0 fully saturated rings. The van der Waals surface area contributed by atoms with Gasteiger partial charge in [-0.05, 0) is 5.56 Å². The lowest BCUT2D eigenvalue weighted by Crippen LogP contribution is -2.32. The first kappa shape index (κ1) is 12.1. The highest BCUT2D eigenvalue weighted by Gasteiger charge is 2.28. The summed E-state index contributed by atoms with van der Waals surface area (Å²) in [6, 6.07) is 12.9. The van der Waals surface area contributed by atoms with Crippen molar-refractivity contribution in [3.8, 4) is 11.5 Å². The first-order valence-corrected chi connectivity index (χ1v) is 6.87. The van der Waals surface area contributed by atoms with Gasteiger partial charge in [0.15, 0.2) is 11.5 Å². The maximum atomic E-state index is 12.3. The molecule has 0 aromatic heterocycles. The molecule has 2 N–H and O–H groups in total. The lowest BCUT2D eigenvalue weighted by molar-refractivity contribution is -0.117. The van der Waals surface area contributed by atoms with Crippen molar-refractivity contribution in [2.75, 3.05) is 23.8 Å². The van der Waals surface area contributed by atoms with E-state index in [1.165, 1.54) is 0 Å². The molecular weight excluding hydrogens is 268 g/mol. The van der Waals surface area contributed by atoms with Crippen molar-refractivity contribution in [2.24, 2.45) is 0 Å². The maximum Gasteiger partial charge on any atom is 0.251 e. The van der Waals surface area contributed by atoms with E-state index in [2.05, 4.69) is 10.6 Å². The normalized spacial score (nSPS) is 19.2. The van der Waals surface area contributed by atoms with E-state index in [1.807, 2.05) is 36.4 Å². The Kier molecular flexibility index (Phi) is 2.70. The van der Waals surface area contributed by atoms with Crippen molar-refractivity contribution in [3.63, 3.8) is 0 Å². The van der Waals surface area contributed by atoms with E-state index < -0.39 is 6.04 Å². The second-order valence-corrected chi connectivity index (χ2v) is 5.02. The van der Waals surface area contributed by atoms with Gasteiger partial charge in [-0.3, -0.25) is 4.79 Å². The average molecular weight is 282 g/mol. The van der Waals surface area contributed by atoms with Gasteiger partial charge in [-0.15, -0.1) is 0 Å². The van der Waals surface area contributed by atoms with Crippen molar-refractivity contribution >= 4 is 17.3 Å². The van der Waals surface area contributed by atoms with E-state index in [0.717, 1.165) is 16.9 Å². The fourth-order valence-electron chi connectivity index (χ4n) is 2.62. The van der Waals surface area contributed by atoms with Crippen LogP contribution in [-0.2, 0) is 4.79 Å². The quantitative estimate of drug-likeness (QED) is 0.844. The van der Waals surface area contributed by atoms with Crippen LogP contribution in [0.3, 0.4) is 0 Å². The Balaban J connectivity index is 1.72. The van der Waals surface area contributed by atoms with Crippen LogP contribution in [0, 0.1) is 0 Å². The van der Waals surface area contributed by atoms with Gasteiger partial charge in [0.2, 0.25) is 0 Å². The maximum absolute atomic E-state index is 12.3. The minimum absolute atomic E-state index is 0.0784. The van der Waals surface area contributed by atoms with Crippen LogP contribution >= 0.6 is 0 Å². The summed E-state index contributed by atoms with van der Waals surface area (Å²) in [7, 11) is 0. The molecule has 5 heteroatoms. The summed E-state index contributed by atoms with van der Waals surface area (Å²) in [4.78, 5) is 12.3. The molecule has 106 valence electrons. The SMILES string of the molecule is O=C1Nc2cc3c(cc2NC1c1ccccc1)OCCO3. The predicted octanol–water partition coefficient (Wildman–Crippen LogP) is 2.56. The highest BCUT2D eigenvalue weighted by atomic mass is 16.6. The van der Waals surface area contributed by atoms with Crippen molar-refractivity contribution in [1.29, 1.82) is 0 Å². The Bertz CT molecular complexity index is 700. The highest BCUT2D eigenvalue weighted by molar-refractivity contribution is 6.04. The highest BCUT2D eigenvalue weighted by Crippen LogP contribution is 2.41. The predicted molar refractivity (Wildman–Crippen MR) is 78.9 cm³/mol. The van der Waals surface area contributed by atoms with Crippen molar-refractivity contribution in [2.45, 2.75) is 6.04 Å². The van der Waals surface area contributed by atoms with Crippen LogP contribution in [0.2, 0.25) is 0 Å². The lowest BCUT2D eigenvalue weighted by Gasteiger charge is -2.29. The van der Waals surface area contributed by atoms with Gasteiger partial charge in [0, 0.05) is 12.1 Å². The van der Waals surface area contributed by atoms with Crippen LogP contribution in [0.25, 0.3) is 0 Å². The number of carbonyl (C=O) groups is 1. The van der Waals surface area contributed by atoms with Gasteiger partial charge in [0.05, 0.1) is 11.4 Å². The van der Waals surface area contributed by atoms with Crippen molar-refractivity contribution in [1.82, 2.24) is 0 Å². The van der Waals surface area contributed by atoms with E-state index in [4.69, 9.17) is 9.47 Å². The second kappa shape index (κ2) is 4.70. The third-order valence-corrected chi connectivity index (χ3v) is 3.64. The summed E-state index contributed by atoms with van der Waals surface area (Å²) in [5, 5.41) is 6.19. The molecule has 0 saturated carbocycles. The number of benzene rings is 2. The molecule has 1 amide bonds. The molecule has 2 aliphatic rings. The summed E-state index contributed by atoms with van der Waals surface area (Å²) in [5.74, 6) is 1.29. The molecule has 2 aromatic rings. The number of anilines is 2. The average Bonchev–Trinajstić information content (AvgIpc) is 2.53. The molecule has 2 heterocycles. The van der Waals surface area contributed by atoms with Crippen LogP contribution in [0.4, 0.5) is 11.4 Å². The summed E-state index contributed by atoms with van der Waals surface area (Å²) < 4.78 is 11.1. The second-order valence-electron chi connectivity index (χ2n) is 5.02. The lowest BCUT2D eigenvalue weighted by atomic mass is 10.0. The molecule has 0 spiro atoms. The van der Waals surface area contributed by atoms with Crippen LogP contribution in [0.5, 0.6) is 11.5 Å². The minimum Gasteiger partial charge on any atom is -0.486 e. The number of ether oxygens (including phenoxy) is 2. The fraction of sp³-hybridized carbons (Fsp3) is 0.188. The van der Waals surface area contributed by atoms with Gasteiger partial charge in [-0.2, -0.15) is 0 Å². The summed E-state index contributed by atoms with van der Waals surface area (Å²) in [6.45, 7) is 1.07. The van der Waals surface area contributed by atoms with Gasteiger partial charge in [-0.1, -0.05) is 30.3 Å². The minimum atomic E-state index is -0.402. The van der Waals surface area contributed by atoms with E-state index >= 15 is 0 Å². The van der Waals surface area contributed by atoms with Crippen molar-refractivity contribution < 1.29 is 14.3 Å². The van der Waals surface area contributed by atoms with Crippen LogP contribution in [-0.4, -0.2) is 19.1 Å². The summed E-state index contributed by atoms with van der Waals surface area (Å²) in [6.07, 6.45) is 0. The Morgan fingerprint density at radius 2 is 1.62 bits per heavy atom. The molecule has 0 bridgehead atoms. The zero-order chi connectivity index (χ0) is 14.2. The molecular formula is C16H14N2O3. The molecule has 21 heavy (non-hydrogen) atoms. The topological polar surface area (TPSA) is 59.6 Å². The molecule has 1 unspecified atom stereocenters. The molecule has 1 atom stereocenters. The van der Waals surface area contributed by atoms with E-state index in [-0.39, 0.29) is 5.91 Å². The molecule has 2 aromatic carbocycles.